The van der Waals surface area contributed by atoms with Crippen LogP contribution in [0.25, 0.3) is 10.4 Å². The Labute approximate surface area is 169 Å². The lowest BCUT2D eigenvalue weighted by Crippen LogP contribution is -2.31. The first-order chi connectivity index (χ1) is 13.9. The van der Waals surface area contributed by atoms with E-state index in [9.17, 15) is 8.42 Å². The highest BCUT2D eigenvalue weighted by Crippen LogP contribution is 2.41. The third kappa shape index (κ3) is 4.66. The minimum atomic E-state index is -4.03. The summed E-state index contributed by atoms with van der Waals surface area (Å²) in [6, 6.07) is 8.77. The van der Waals surface area contributed by atoms with E-state index >= 15 is 0 Å². The highest BCUT2D eigenvalue weighted by atomic mass is 32.2. The topological polar surface area (TPSA) is 114 Å². The maximum Gasteiger partial charge on any atom is 0.265 e. The molecule has 0 aliphatic carbocycles. The number of ether oxygens (including phenoxy) is 3. The number of azide groups is 1. The van der Waals surface area contributed by atoms with E-state index in [2.05, 4.69) is 15.9 Å². The number of rotatable bonds is 9. The van der Waals surface area contributed by atoms with Crippen LogP contribution in [0.5, 0.6) is 17.2 Å². The first kappa shape index (κ1) is 21.8. The molecular weight excluding hydrogens is 396 g/mol. The molecule has 152 valence electrons. The molecule has 0 radical (unpaired) electrons. The summed E-state index contributed by atoms with van der Waals surface area (Å²) in [6.07, 6.45) is 5.43. The van der Waals surface area contributed by atoms with Gasteiger partial charge in [0.05, 0.1) is 43.6 Å². The molecule has 0 aromatic heterocycles. The van der Waals surface area contributed by atoms with E-state index in [4.69, 9.17) is 26.2 Å². The number of sulfonamides is 1. The number of hydrogen-bond acceptors (Lipinski definition) is 6. The van der Waals surface area contributed by atoms with Gasteiger partial charge in [-0.1, -0.05) is 11.0 Å². The molecular formula is C19H20N4O5S. The van der Waals surface area contributed by atoms with Crippen LogP contribution in [0.1, 0.15) is 6.92 Å². The Balaban J connectivity index is 2.63. The Morgan fingerprint density at radius 2 is 1.83 bits per heavy atom. The van der Waals surface area contributed by atoms with E-state index in [0.717, 1.165) is 4.31 Å². The lowest BCUT2D eigenvalue weighted by molar-refractivity contribution is 0.340. The molecule has 2 rings (SSSR count). The summed E-state index contributed by atoms with van der Waals surface area (Å²) in [5.41, 5.74) is 9.02. The molecule has 0 unspecified atom stereocenters. The molecule has 0 bridgehead atoms. The van der Waals surface area contributed by atoms with Crippen molar-refractivity contribution in [2.45, 2.75) is 11.8 Å². The van der Waals surface area contributed by atoms with E-state index in [0.29, 0.717) is 12.4 Å². The molecule has 0 aliphatic heterocycles. The zero-order valence-electron chi connectivity index (χ0n) is 16.2. The summed E-state index contributed by atoms with van der Waals surface area (Å²) >= 11 is 0. The zero-order chi connectivity index (χ0) is 21.4. The van der Waals surface area contributed by atoms with Gasteiger partial charge < -0.3 is 14.2 Å². The Kier molecular flexibility index (Phi) is 7.20. The number of terminal acetylenes is 1. The lowest BCUT2D eigenvalue weighted by Gasteiger charge is -2.25. The molecule has 0 atom stereocenters. The maximum atomic E-state index is 13.3. The summed E-state index contributed by atoms with van der Waals surface area (Å²) < 4.78 is 43.5. The van der Waals surface area contributed by atoms with Crippen LogP contribution in [0, 0.1) is 12.3 Å². The quantitative estimate of drug-likeness (QED) is 0.266. The third-order valence-electron chi connectivity index (χ3n) is 3.86. The normalized spacial score (nSPS) is 10.4. The molecule has 0 spiro atoms. The number of anilines is 1. The van der Waals surface area contributed by atoms with Crippen molar-refractivity contribution in [1.29, 1.82) is 0 Å². The summed E-state index contributed by atoms with van der Waals surface area (Å²) in [4.78, 5) is 2.76. The number of hydrogen-bond donors (Lipinski definition) is 0. The van der Waals surface area contributed by atoms with Crippen molar-refractivity contribution < 1.29 is 22.6 Å². The van der Waals surface area contributed by atoms with E-state index in [1.165, 1.54) is 38.5 Å². The minimum absolute atomic E-state index is 0.0244. The summed E-state index contributed by atoms with van der Waals surface area (Å²) in [7, 11) is -1.30. The monoisotopic (exact) mass is 416 g/mol. The average molecular weight is 416 g/mol. The molecule has 0 saturated carbocycles. The number of methoxy groups -OCH3 is 2. The van der Waals surface area contributed by atoms with Gasteiger partial charge in [-0.25, -0.2) is 8.42 Å². The Morgan fingerprint density at radius 1 is 1.17 bits per heavy atom. The molecule has 10 heteroatoms. The van der Waals surface area contributed by atoms with Gasteiger partial charge in [0.2, 0.25) is 0 Å². The molecule has 0 N–H and O–H groups in total. The Morgan fingerprint density at radius 3 is 2.34 bits per heavy atom. The van der Waals surface area contributed by atoms with Crippen LogP contribution in [0.4, 0.5) is 11.4 Å². The molecule has 29 heavy (non-hydrogen) atoms. The summed E-state index contributed by atoms with van der Waals surface area (Å²) in [5.74, 6) is 3.22. The zero-order valence-corrected chi connectivity index (χ0v) is 17.0. The molecule has 0 amide bonds. The van der Waals surface area contributed by atoms with Crippen LogP contribution >= 0.6 is 0 Å². The van der Waals surface area contributed by atoms with Gasteiger partial charge in [0.15, 0.2) is 0 Å². The van der Waals surface area contributed by atoms with Crippen molar-refractivity contribution in [3.8, 4) is 29.6 Å². The standard InChI is InChI=1S/C19H20N4O5S/c1-5-11-23(29(24,25)15-9-7-14(8-10-15)28-6-2)17-13-18(26-3)16(21-22-20)12-19(17)27-4/h1,7-10,12-13H,6,11H2,2-4H3. The van der Waals surface area contributed by atoms with E-state index in [1.54, 1.807) is 12.1 Å². The third-order valence-corrected chi connectivity index (χ3v) is 5.63. The van der Waals surface area contributed by atoms with Crippen LogP contribution in [-0.2, 0) is 10.0 Å². The van der Waals surface area contributed by atoms with Crippen molar-refractivity contribution >= 4 is 21.4 Å². The van der Waals surface area contributed by atoms with Gasteiger partial charge in [0.25, 0.3) is 10.0 Å². The highest BCUT2D eigenvalue weighted by Gasteiger charge is 2.28. The summed E-state index contributed by atoms with van der Waals surface area (Å²) in [6.45, 7) is 2.04. The van der Waals surface area contributed by atoms with E-state index < -0.39 is 10.0 Å². The van der Waals surface area contributed by atoms with Gasteiger partial charge in [0, 0.05) is 11.0 Å². The fourth-order valence-electron chi connectivity index (χ4n) is 2.57. The fourth-order valence-corrected chi connectivity index (χ4v) is 3.95. The van der Waals surface area contributed by atoms with E-state index in [1.807, 2.05) is 6.92 Å². The van der Waals surface area contributed by atoms with Gasteiger partial charge in [-0.3, -0.25) is 4.31 Å². The van der Waals surface area contributed by atoms with Gasteiger partial charge in [0.1, 0.15) is 17.2 Å². The SMILES string of the molecule is C#CCN(c1cc(OC)c(N=[N+]=[N-])cc1OC)S(=O)(=O)c1ccc(OCC)cc1. The molecule has 0 aliphatic rings. The van der Waals surface area contributed by atoms with Gasteiger partial charge in [-0.05, 0) is 42.8 Å². The van der Waals surface area contributed by atoms with Gasteiger partial charge in [-0.2, -0.15) is 0 Å². The number of benzene rings is 2. The Bertz CT molecular complexity index is 1060. The Hall–Kier alpha value is -3.54. The first-order valence-corrected chi connectivity index (χ1v) is 9.87. The first-order valence-electron chi connectivity index (χ1n) is 8.43. The molecule has 2 aromatic rings. The molecule has 2 aromatic carbocycles. The average Bonchev–Trinajstić information content (AvgIpc) is 2.72. The van der Waals surface area contributed by atoms with Crippen LogP contribution in [0.15, 0.2) is 46.4 Å². The predicted molar refractivity (Wildman–Crippen MR) is 109 cm³/mol. The van der Waals surface area contributed by atoms with Gasteiger partial charge >= 0.3 is 0 Å². The molecule has 0 fully saturated rings. The van der Waals surface area contributed by atoms with Crippen LogP contribution in [-0.4, -0.2) is 35.8 Å². The second-order valence-electron chi connectivity index (χ2n) is 5.51. The van der Waals surface area contributed by atoms with Crippen molar-refractivity contribution in [2.24, 2.45) is 5.11 Å². The maximum absolute atomic E-state index is 13.3. The number of nitrogens with zero attached hydrogens (tertiary/aromatic N) is 4. The van der Waals surface area contributed by atoms with E-state index in [-0.39, 0.29) is 34.3 Å². The molecule has 0 saturated heterocycles. The second-order valence-corrected chi connectivity index (χ2v) is 7.37. The highest BCUT2D eigenvalue weighted by molar-refractivity contribution is 7.92. The second kappa shape index (κ2) is 9.59. The van der Waals surface area contributed by atoms with Crippen LogP contribution in [0.3, 0.4) is 0 Å². The smallest absolute Gasteiger partial charge is 0.265 e. The van der Waals surface area contributed by atoms with Crippen LogP contribution < -0.4 is 18.5 Å². The van der Waals surface area contributed by atoms with Crippen molar-refractivity contribution in [2.75, 3.05) is 31.7 Å². The predicted octanol–water partition coefficient (Wildman–Crippen LogP) is 3.87. The largest absolute Gasteiger partial charge is 0.496 e. The lowest BCUT2D eigenvalue weighted by atomic mass is 10.2. The summed E-state index contributed by atoms with van der Waals surface area (Å²) in [5, 5.41) is 3.53. The fraction of sp³-hybridized carbons (Fsp3) is 0.263. The molecule has 0 heterocycles. The van der Waals surface area contributed by atoms with Crippen molar-refractivity contribution in [3.63, 3.8) is 0 Å². The molecule has 9 nitrogen and oxygen atoms in total. The van der Waals surface area contributed by atoms with Crippen molar-refractivity contribution in [1.82, 2.24) is 0 Å². The minimum Gasteiger partial charge on any atom is -0.496 e. The van der Waals surface area contributed by atoms with Crippen molar-refractivity contribution in [3.05, 3.63) is 46.8 Å². The van der Waals surface area contributed by atoms with Crippen LogP contribution in [0.2, 0.25) is 0 Å². The van der Waals surface area contributed by atoms with Gasteiger partial charge in [-0.15, -0.1) is 6.42 Å².